The van der Waals surface area contributed by atoms with Crippen LogP contribution >= 0.6 is 0 Å². The van der Waals surface area contributed by atoms with Crippen molar-refractivity contribution in [1.82, 2.24) is 15.1 Å². The average molecular weight is 194 g/mol. The molecule has 1 aromatic heterocycles. The number of hydrogen-bond acceptors (Lipinski definition) is 4. The highest BCUT2D eigenvalue weighted by molar-refractivity contribution is 5.81. The molecule has 2 rings (SSSR count). The summed E-state index contributed by atoms with van der Waals surface area (Å²) in [5.41, 5.74) is 5.57. The fraction of sp³-hybridized carbons (Fsp3) is 0.556. The summed E-state index contributed by atoms with van der Waals surface area (Å²) in [7, 11) is 0. The van der Waals surface area contributed by atoms with Crippen molar-refractivity contribution in [2.75, 3.05) is 12.3 Å². The minimum atomic E-state index is -0.0353. The first kappa shape index (κ1) is 9.21. The number of nitrogens with one attached hydrogen (secondary N) is 1. The Morgan fingerprint density at radius 2 is 2.64 bits per heavy atom. The molecule has 0 amide bonds. The van der Waals surface area contributed by atoms with Crippen molar-refractivity contribution in [3.8, 4) is 0 Å². The van der Waals surface area contributed by atoms with E-state index in [1.54, 1.807) is 6.07 Å². The highest BCUT2D eigenvalue weighted by atomic mass is 16.2. The van der Waals surface area contributed by atoms with Crippen LogP contribution in [0.1, 0.15) is 24.1 Å². The van der Waals surface area contributed by atoms with Gasteiger partial charge < -0.3 is 11.1 Å². The second-order valence-corrected chi connectivity index (χ2v) is 3.56. The van der Waals surface area contributed by atoms with Gasteiger partial charge in [-0.15, -0.1) is 0 Å². The Bertz CT molecular complexity index is 327. The molecule has 1 atom stereocenters. The number of anilines is 1. The van der Waals surface area contributed by atoms with Crippen molar-refractivity contribution in [3.05, 3.63) is 12.3 Å². The molecule has 1 fully saturated rings. The van der Waals surface area contributed by atoms with E-state index < -0.39 is 0 Å². The van der Waals surface area contributed by atoms with Gasteiger partial charge in [0.1, 0.15) is 5.82 Å². The van der Waals surface area contributed by atoms with Crippen LogP contribution < -0.4 is 11.1 Å². The molecular weight excluding hydrogens is 180 g/mol. The monoisotopic (exact) mass is 194 g/mol. The lowest BCUT2D eigenvalue weighted by Gasteiger charge is -2.09. The molecule has 0 bridgehead atoms. The molecule has 1 saturated heterocycles. The molecule has 5 heteroatoms. The molecule has 2 heterocycles. The molecule has 1 aliphatic rings. The van der Waals surface area contributed by atoms with Gasteiger partial charge in [0.05, 0.1) is 6.20 Å². The SMILES string of the molecule is Nc1ccnn1C(=O)CC1CCCN1. The summed E-state index contributed by atoms with van der Waals surface area (Å²) in [5, 5.41) is 7.14. The van der Waals surface area contributed by atoms with Crippen LogP contribution in [0.15, 0.2) is 12.3 Å². The van der Waals surface area contributed by atoms with E-state index in [0.29, 0.717) is 18.3 Å². The minimum Gasteiger partial charge on any atom is -0.383 e. The zero-order chi connectivity index (χ0) is 9.97. The van der Waals surface area contributed by atoms with Gasteiger partial charge in [0.2, 0.25) is 5.91 Å². The molecular formula is C9H14N4O. The molecule has 0 aliphatic carbocycles. The minimum absolute atomic E-state index is 0.0353. The number of aromatic nitrogens is 2. The van der Waals surface area contributed by atoms with E-state index in [4.69, 9.17) is 5.73 Å². The van der Waals surface area contributed by atoms with Crippen LogP contribution in [0.25, 0.3) is 0 Å². The predicted octanol–water partition coefficient (Wildman–Crippen LogP) is 0.248. The normalized spacial score (nSPS) is 21.3. The van der Waals surface area contributed by atoms with Gasteiger partial charge in [0.25, 0.3) is 0 Å². The number of carbonyl (C=O) groups is 1. The second-order valence-electron chi connectivity index (χ2n) is 3.56. The van der Waals surface area contributed by atoms with E-state index >= 15 is 0 Å². The van der Waals surface area contributed by atoms with Crippen LogP contribution in [0.4, 0.5) is 5.82 Å². The third kappa shape index (κ3) is 1.77. The number of hydrogen-bond donors (Lipinski definition) is 2. The van der Waals surface area contributed by atoms with Gasteiger partial charge in [-0.05, 0) is 19.4 Å². The van der Waals surface area contributed by atoms with Crippen molar-refractivity contribution in [3.63, 3.8) is 0 Å². The van der Waals surface area contributed by atoms with Gasteiger partial charge >= 0.3 is 0 Å². The Balaban J connectivity index is 1.98. The average Bonchev–Trinajstić information content (AvgIpc) is 2.75. The van der Waals surface area contributed by atoms with Crippen LogP contribution in [0, 0.1) is 0 Å². The molecule has 76 valence electrons. The summed E-state index contributed by atoms with van der Waals surface area (Å²) < 4.78 is 1.26. The fourth-order valence-corrected chi connectivity index (χ4v) is 1.75. The van der Waals surface area contributed by atoms with E-state index in [-0.39, 0.29) is 5.91 Å². The Labute approximate surface area is 82.3 Å². The van der Waals surface area contributed by atoms with Gasteiger partial charge in [-0.3, -0.25) is 4.79 Å². The van der Waals surface area contributed by atoms with Crippen molar-refractivity contribution in [2.45, 2.75) is 25.3 Å². The molecule has 14 heavy (non-hydrogen) atoms. The standard InChI is InChI=1S/C9H14N4O/c10-8-3-5-12-13(8)9(14)6-7-2-1-4-11-7/h3,5,7,11H,1-2,4,6,10H2. The number of carbonyl (C=O) groups excluding carboxylic acids is 1. The van der Waals surface area contributed by atoms with Crippen LogP contribution in [0.5, 0.6) is 0 Å². The third-order valence-corrected chi connectivity index (χ3v) is 2.49. The molecule has 3 N–H and O–H groups in total. The van der Waals surface area contributed by atoms with Gasteiger partial charge in [0.15, 0.2) is 0 Å². The number of nitrogen functional groups attached to an aromatic ring is 1. The molecule has 0 saturated carbocycles. The first-order chi connectivity index (χ1) is 6.77. The van der Waals surface area contributed by atoms with Crippen molar-refractivity contribution < 1.29 is 4.79 Å². The molecule has 1 unspecified atom stereocenters. The van der Waals surface area contributed by atoms with E-state index in [0.717, 1.165) is 19.4 Å². The highest BCUT2D eigenvalue weighted by Gasteiger charge is 2.19. The second kappa shape index (κ2) is 3.79. The van der Waals surface area contributed by atoms with Crippen LogP contribution in [0.3, 0.4) is 0 Å². The summed E-state index contributed by atoms with van der Waals surface area (Å²) in [6.07, 6.45) is 4.22. The Kier molecular flexibility index (Phi) is 2.49. The number of nitrogens with zero attached hydrogens (tertiary/aromatic N) is 2. The molecule has 1 aromatic rings. The van der Waals surface area contributed by atoms with Crippen LogP contribution in [-0.2, 0) is 0 Å². The summed E-state index contributed by atoms with van der Waals surface area (Å²) in [5.74, 6) is 0.375. The van der Waals surface area contributed by atoms with Crippen LogP contribution in [0.2, 0.25) is 0 Å². The van der Waals surface area contributed by atoms with Crippen LogP contribution in [-0.4, -0.2) is 28.3 Å². The summed E-state index contributed by atoms with van der Waals surface area (Å²) in [6.45, 7) is 1.01. The zero-order valence-corrected chi connectivity index (χ0v) is 7.94. The lowest BCUT2D eigenvalue weighted by atomic mass is 10.1. The zero-order valence-electron chi connectivity index (χ0n) is 7.94. The van der Waals surface area contributed by atoms with Crippen molar-refractivity contribution in [1.29, 1.82) is 0 Å². The van der Waals surface area contributed by atoms with Gasteiger partial charge in [-0.2, -0.15) is 9.78 Å². The quantitative estimate of drug-likeness (QED) is 0.707. The van der Waals surface area contributed by atoms with E-state index in [1.165, 1.54) is 10.9 Å². The molecule has 0 radical (unpaired) electrons. The predicted molar refractivity (Wildman–Crippen MR) is 52.9 cm³/mol. The topological polar surface area (TPSA) is 72.9 Å². The third-order valence-electron chi connectivity index (χ3n) is 2.49. The van der Waals surface area contributed by atoms with Gasteiger partial charge in [-0.1, -0.05) is 0 Å². The summed E-state index contributed by atoms with van der Waals surface area (Å²) in [4.78, 5) is 11.7. The Morgan fingerprint density at radius 1 is 1.79 bits per heavy atom. The Morgan fingerprint density at radius 3 is 3.21 bits per heavy atom. The van der Waals surface area contributed by atoms with Gasteiger partial charge in [-0.25, -0.2) is 0 Å². The fourth-order valence-electron chi connectivity index (χ4n) is 1.75. The van der Waals surface area contributed by atoms with E-state index in [1.807, 2.05) is 0 Å². The summed E-state index contributed by atoms with van der Waals surface area (Å²) in [6, 6.07) is 1.92. The largest absolute Gasteiger partial charge is 0.383 e. The first-order valence-corrected chi connectivity index (χ1v) is 4.83. The van der Waals surface area contributed by atoms with E-state index in [9.17, 15) is 4.79 Å². The lowest BCUT2D eigenvalue weighted by molar-refractivity contribution is 0.0878. The highest BCUT2D eigenvalue weighted by Crippen LogP contribution is 2.11. The number of rotatable bonds is 2. The molecule has 5 nitrogen and oxygen atoms in total. The number of nitrogens with two attached hydrogens (primary N) is 1. The maximum atomic E-state index is 11.7. The summed E-state index contributed by atoms with van der Waals surface area (Å²) >= 11 is 0. The molecule has 0 aromatic carbocycles. The molecule has 1 aliphatic heterocycles. The Hall–Kier alpha value is -1.36. The maximum Gasteiger partial charge on any atom is 0.250 e. The van der Waals surface area contributed by atoms with E-state index in [2.05, 4.69) is 10.4 Å². The lowest BCUT2D eigenvalue weighted by Crippen LogP contribution is -2.27. The van der Waals surface area contributed by atoms with Gasteiger partial charge in [0, 0.05) is 18.5 Å². The van der Waals surface area contributed by atoms with Crippen molar-refractivity contribution >= 4 is 11.7 Å². The van der Waals surface area contributed by atoms with Crippen molar-refractivity contribution in [2.24, 2.45) is 0 Å². The maximum absolute atomic E-state index is 11.7. The first-order valence-electron chi connectivity index (χ1n) is 4.83. The molecule has 0 spiro atoms. The smallest absolute Gasteiger partial charge is 0.250 e.